The summed E-state index contributed by atoms with van der Waals surface area (Å²) < 4.78 is 120. The van der Waals surface area contributed by atoms with Gasteiger partial charge in [-0.25, -0.2) is 0 Å². The summed E-state index contributed by atoms with van der Waals surface area (Å²) >= 11 is 3.36. The van der Waals surface area contributed by atoms with Crippen LogP contribution >= 0.6 is 15.9 Å². The van der Waals surface area contributed by atoms with Crippen molar-refractivity contribution in [2.75, 3.05) is 19.5 Å². The van der Waals surface area contributed by atoms with Crippen LogP contribution in [0.1, 0.15) is 47.6 Å². The van der Waals surface area contributed by atoms with Gasteiger partial charge in [0.2, 0.25) is 0 Å². The van der Waals surface area contributed by atoms with Gasteiger partial charge in [0.15, 0.2) is 6.29 Å². The molecule has 5 nitrogen and oxygen atoms in total. The molecule has 1 fully saturated rings. The topological polar surface area (TPSA) is 61.8 Å². The smallest absolute Gasteiger partial charge is 0.352 e. The van der Waals surface area contributed by atoms with Crippen LogP contribution in [-0.2, 0) is 36.1 Å². The highest BCUT2D eigenvalue weighted by Gasteiger charge is 2.40. The number of alkyl halides is 6. The van der Waals surface area contributed by atoms with Crippen molar-refractivity contribution in [1.82, 2.24) is 0 Å². The molecule has 3 rings (SSSR count). The van der Waals surface area contributed by atoms with Gasteiger partial charge in [0.1, 0.15) is 0 Å². The van der Waals surface area contributed by atoms with E-state index in [4.69, 9.17) is 13.7 Å². The van der Waals surface area contributed by atoms with E-state index >= 15 is 0 Å². The average molecular weight is 605 g/mol. The van der Waals surface area contributed by atoms with E-state index in [2.05, 4.69) is 15.9 Å². The van der Waals surface area contributed by atoms with E-state index in [1.165, 1.54) is 6.92 Å². The third-order valence-corrected chi connectivity index (χ3v) is 6.78. The molecular weight excluding hydrogens is 582 g/mol. The molecule has 13 heteroatoms. The highest BCUT2D eigenvalue weighted by atomic mass is 79.9. The SMILES string of the molecule is CC(OC1OCCC(COS(C)(=O)=O)C1c1cccc(Br)c1)c1cc(C(F)(F)F)cc(C(F)(F)F)c1. The standard InChI is InChI=1S/C23H23BrF6O5S/c1-13(16-8-17(22(25,26)27)11-18(9-16)23(28,29)30)35-21-20(14-4-3-5-19(24)10-14)15(6-7-33-21)12-34-36(2,31)32/h3-5,8-11,13,15,20-21H,6-7,12H2,1-2H3. The maximum Gasteiger partial charge on any atom is 0.416 e. The minimum absolute atomic E-state index is 0.0518. The van der Waals surface area contributed by atoms with E-state index in [9.17, 15) is 34.8 Å². The lowest BCUT2D eigenvalue weighted by Crippen LogP contribution is -2.39. The molecule has 2 aromatic carbocycles. The maximum absolute atomic E-state index is 13.3. The van der Waals surface area contributed by atoms with Crippen molar-refractivity contribution in [3.63, 3.8) is 0 Å². The van der Waals surface area contributed by atoms with Gasteiger partial charge in [0, 0.05) is 10.4 Å². The Labute approximate surface area is 213 Å². The van der Waals surface area contributed by atoms with E-state index in [-0.39, 0.29) is 24.8 Å². The van der Waals surface area contributed by atoms with Crippen LogP contribution in [0, 0.1) is 5.92 Å². The predicted octanol–water partition coefficient (Wildman–Crippen LogP) is 6.69. The predicted molar refractivity (Wildman–Crippen MR) is 121 cm³/mol. The maximum atomic E-state index is 13.3. The van der Waals surface area contributed by atoms with Crippen molar-refractivity contribution >= 4 is 26.0 Å². The molecule has 200 valence electrons. The zero-order valence-corrected chi connectivity index (χ0v) is 21.5. The quantitative estimate of drug-likeness (QED) is 0.260. The molecule has 1 aliphatic rings. The van der Waals surface area contributed by atoms with Crippen molar-refractivity contribution in [2.24, 2.45) is 5.92 Å². The monoisotopic (exact) mass is 604 g/mol. The summed E-state index contributed by atoms with van der Waals surface area (Å²) in [5.41, 5.74) is -2.56. The summed E-state index contributed by atoms with van der Waals surface area (Å²) in [5.74, 6) is -1.04. The third kappa shape index (κ3) is 7.67. The van der Waals surface area contributed by atoms with E-state index < -0.39 is 57.8 Å². The highest BCUT2D eigenvalue weighted by Crippen LogP contribution is 2.42. The van der Waals surface area contributed by atoms with Gasteiger partial charge < -0.3 is 9.47 Å². The number of hydrogen-bond donors (Lipinski definition) is 0. The Morgan fingerprint density at radius 2 is 1.67 bits per heavy atom. The summed E-state index contributed by atoms with van der Waals surface area (Å²) in [4.78, 5) is 0. The fourth-order valence-corrected chi connectivity index (χ4v) is 4.84. The van der Waals surface area contributed by atoms with Gasteiger partial charge >= 0.3 is 12.4 Å². The van der Waals surface area contributed by atoms with Crippen LogP contribution in [0.5, 0.6) is 0 Å². The zero-order chi connectivity index (χ0) is 26.9. The van der Waals surface area contributed by atoms with Crippen LogP contribution in [0.2, 0.25) is 0 Å². The van der Waals surface area contributed by atoms with Crippen molar-refractivity contribution < 1.29 is 48.4 Å². The van der Waals surface area contributed by atoms with Crippen LogP contribution in [0.4, 0.5) is 26.3 Å². The second kappa shape index (κ2) is 11.0. The first-order chi connectivity index (χ1) is 16.5. The Morgan fingerprint density at radius 1 is 1.06 bits per heavy atom. The Hall–Kier alpha value is -1.67. The molecule has 0 bridgehead atoms. The molecule has 0 spiro atoms. The van der Waals surface area contributed by atoms with Crippen LogP contribution in [0.25, 0.3) is 0 Å². The van der Waals surface area contributed by atoms with Crippen molar-refractivity contribution in [2.45, 2.75) is 44.0 Å². The van der Waals surface area contributed by atoms with Gasteiger partial charge in [-0.05, 0) is 60.7 Å². The fraction of sp³-hybridized carbons (Fsp3) is 0.478. The van der Waals surface area contributed by atoms with E-state index in [1.54, 1.807) is 24.3 Å². The van der Waals surface area contributed by atoms with Gasteiger partial charge in [-0.15, -0.1) is 0 Å². The zero-order valence-electron chi connectivity index (χ0n) is 19.1. The van der Waals surface area contributed by atoms with Crippen LogP contribution in [0.15, 0.2) is 46.9 Å². The van der Waals surface area contributed by atoms with Gasteiger partial charge in [-0.1, -0.05) is 28.1 Å². The molecule has 1 heterocycles. The summed E-state index contributed by atoms with van der Waals surface area (Å²) in [5, 5.41) is 0. The molecule has 1 saturated heterocycles. The molecule has 0 N–H and O–H groups in total. The Balaban J connectivity index is 1.96. The van der Waals surface area contributed by atoms with Gasteiger partial charge in [-0.3, -0.25) is 4.18 Å². The number of benzene rings is 2. The first-order valence-corrected chi connectivity index (χ1v) is 13.3. The van der Waals surface area contributed by atoms with Crippen molar-refractivity contribution in [3.05, 3.63) is 69.2 Å². The van der Waals surface area contributed by atoms with Gasteiger partial charge in [0.05, 0.1) is 36.7 Å². The normalized spacial score (nSPS) is 22.4. The lowest BCUT2D eigenvalue weighted by molar-refractivity contribution is -0.211. The van der Waals surface area contributed by atoms with E-state index in [0.29, 0.717) is 28.6 Å². The average Bonchev–Trinajstić information content (AvgIpc) is 2.75. The third-order valence-electron chi connectivity index (χ3n) is 5.72. The number of ether oxygens (including phenoxy) is 2. The highest BCUT2D eigenvalue weighted by molar-refractivity contribution is 9.10. The first kappa shape index (κ1) is 28.9. The fourth-order valence-electron chi connectivity index (χ4n) is 4.00. The second-order valence-corrected chi connectivity index (χ2v) is 11.0. The Morgan fingerprint density at radius 3 is 2.19 bits per heavy atom. The van der Waals surface area contributed by atoms with Crippen molar-refractivity contribution in [1.29, 1.82) is 0 Å². The minimum Gasteiger partial charge on any atom is -0.352 e. The Bertz CT molecular complexity index is 1140. The molecule has 0 aromatic heterocycles. The van der Waals surface area contributed by atoms with Crippen LogP contribution < -0.4 is 0 Å². The largest absolute Gasteiger partial charge is 0.416 e. The van der Waals surface area contributed by atoms with Gasteiger partial charge in [-0.2, -0.15) is 34.8 Å². The van der Waals surface area contributed by atoms with Crippen LogP contribution in [-0.4, -0.2) is 34.2 Å². The van der Waals surface area contributed by atoms with Crippen molar-refractivity contribution in [3.8, 4) is 0 Å². The Kier molecular flexibility index (Phi) is 8.81. The van der Waals surface area contributed by atoms with Crippen LogP contribution in [0.3, 0.4) is 0 Å². The molecular formula is C23H23BrF6O5S. The minimum atomic E-state index is -5.00. The van der Waals surface area contributed by atoms with Gasteiger partial charge in [0.25, 0.3) is 10.1 Å². The number of hydrogen-bond acceptors (Lipinski definition) is 5. The molecule has 4 unspecified atom stereocenters. The lowest BCUT2D eigenvalue weighted by atomic mass is 9.82. The first-order valence-electron chi connectivity index (χ1n) is 10.7. The molecule has 4 atom stereocenters. The number of halogens is 7. The summed E-state index contributed by atoms with van der Waals surface area (Å²) in [6.45, 7) is 1.25. The molecule has 0 saturated carbocycles. The van der Waals surface area contributed by atoms with E-state index in [1.807, 2.05) is 0 Å². The summed E-state index contributed by atoms with van der Waals surface area (Å²) in [6, 6.07) is 8.25. The second-order valence-electron chi connectivity index (χ2n) is 8.47. The summed E-state index contributed by atoms with van der Waals surface area (Å²) in [7, 11) is -3.76. The molecule has 0 radical (unpaired) electrons. The lowest BCUT2D eigenvalue weighted by Gasteiger charge is -2.39. The van der Waals surface area contributed by atoms with E-state index in [0.717, 1.165) is 6.26 Å². The summed E-state index contributed by atoms with van der Waals surface area (Å²) in [6.07, 6.45) is -11.0. The molecule has 2 aromatic rings. The molecule has 0 aliphatic carbocycles. The molecule has 36 heavy (non-hydrogen) atoms. The molecule has 0 amide bonds. The number of rotatable bonds is 7. The molecule has 1 aliphatic heterocycles.